The summed E-state index contributed by atoms with van der Waals surface area (Å²) < 4.78 is 22.5. The lowest BCUT2D eigenvalue weighted by molar-refractivity contribution is -0.134. The van der Waals surface area contributed by atoms with Crippen LogP contribution in [-0.2, 0) is 14.6 Å². The van der Waals surface area contributed by atoms with Gasteiger partial charge in [-0.05, 0) is 31.7 Å². The summed E-state index contributed by atoms with van der Waals surface area (Å²) in [6.45, 7) is 2.76. The smallest absolute Gasteiger partial charge is 0.224 e. The summed E-state index contributed by atoms with van der Waals surface area (Å²) in [7, 11) is -3.09. The van der Waals surface area contributed by atoms with E-state index >= 15 is 0 Å². The molecule has 1 atom stereocenters. The Morgan fingerprint density at radius 3 is 2.52 bits per heavy atom. The predicted molar refractivity (Wildman–Crippen MR) is 83.8 cm³/mol. The molecule has 21 heavy (non-hydrogen) atoms. The van der Waals surface area contributed by atoms with Crippen molar-refractivity contribution in [2.24, 2.45) is 0 Å². The molecule has 1 unspecified atom stereocenters. The van der Waals surface area contributed by atoms with Crippen LogP contribution in [-0.4, -0.2) is 37.8 Å². The Hall–Kier alpha value is -1.36. The molecule has 1 aromatic rings. The van der Waals surface area contributed by atoms with Crippen molar-refractivity contribution in [2.75, 3.05) is 18.6 Å². The van der Waals surface area contributed by atoms with Gasteiger partial charge < -0.3 is 4.90 Å². The van der Waals surface area contributed by atoms with Crippen molar-refractivity contribution in [1.29, 1.82) is 0 Å². The Balaban J connectivity index is 2.11. The molecule has 1 fully saturated rings. The molecule has 1 heterocycles. The third-order valence-electron chi connectivity index (χ3n) is 3.97. The minimum absolute atomic E-state index is 0.0503. The minimum atomic E-state index is -3.09. The number of piperidine rings is 1. The molecule has 0 N–H and O–H groups in total. The molecule has 4 nitrogen and oxygen atoms in total. The van der Waals surface area contributed by atoms with E-state index in [4.69, 9.17) is 0 Å². The molecule has 1 saturated heterocycles. The molecule has 0 radical (unpaired) electrons. The van der Waals surface area contributed by atoms with Gasteiger partial charge in [-0.2, -0.15) is 0 Å². The summed E-state index contributed by atoms with van der Waals surface area (Å²) in [6.07, 6.45) is 4.31. The summed E-state index contributed by atoms with van der Waals surface area (Å²) in [5.41, 5.74) is 2.34. The SMILES string of the molecule is Cc1ccc(C2CCCCN2C(=O)CCS(C)(=O)=O)cc1. The van der Waals surface area contributed by atoms with E-state index in [-0.39, 0.29) is 24.1 Å². The van der Waals surface area contributed by atoms with Gasteiger partial charge >= 0.3 is 0 Å². The van der Waals surface area contributed by atoms with Gasteiger partial charge in [-0.3, -0.25) is 4.79 Å². The number of likely N-dealkylation sites (tertiary alicyclic amines) is 1. The normalized spacial score (nSPS) is 19.5. The molecule has 2 rings (SSSR count). The second-order valence-electron chi connectivity index (χ2n) is 5.89. The lowest BCUT2D eigenvalue weighted by Crippen LogP contribution is -2.39. The maximum Gasteiger partial charge on any atom is 0.224 e. The average molecular weight is 309 g/mol. The minimum Gasteiger partial charge on any atom is -0.336 e. The van der Waals surface area contributed by atoms with E-state index in [9.17, 15) is 13.2 Å². The number of sulfone groups is 1. The summed E-state index contributed by atoms with van der Waals surface area (Å²) in [4.78, 5) is 14.2. The third kappa shape index (κ3) is 4.56. The van der Waals surface area contributed by atoms with Crippen LogP contribution in [0, 0.1) is 6.92 Å². The van der Waals surface area contributed by atoms with Crippen LogP contribution < -0.4 is 0 Å². The fourth-order valence-electron chi connectivity index (χ4n) is 2.78. The van der Waals surface area contributed by atoms with Crippen LogP contribution in [0.5, 0.6) is 0 Å². The number of hydrogen-bond donors (Lipinski definition) is 0. The van der Waals surface area contributed by atoms with Crippen molar-refractivity contribution < 1.29 is 13.2 Å². The Morgan fingerprint density at radius 2 is 1.90 bits per heavy atom. The van der Waals surface area contributed by atoms with Gasteiger partial charge in [0.25, 0.3) is 0 Å². The van der Waals surface area contributed by atoms with Crippen molar-refractivity contribution in [3.8, 4) is 0 Å². The molecular weight excluding hydrogens is 286 g/mol. The number of hydrogen-bond acceptors (Lipinski definition) is 3. The summed E-state index contributed by atoms with van der Waals surface area (Å²) >= 11 is 0. The molecule has 0 aliphatic carbocycles. The zero-order chi connectivity index (χ0) is 15.5. The van der Waals surface area contributed by atoms with Gasteiger partial charge in [-0.25, -0.2) is 8.42 Å². The van der Waals surface area contributed by atoms with E-state index in [1.54, 1.807) is 0 Å². The highest BCUT2D eigenvalue weighted by Crippen LogP contribution is 2.31. The van der Waals surface area contributed by atoms with Crippen molar-refractivity contribution >= 4 is 15.7 Å². The maximum absolute atomic E-state index is 12.4. The number of carbonyl (C=O) groups excluding carboxylic acids is 1. The number of nitrogens with zero attached hydrogens (tertiary/aromatic N) is 1. The van der Waals surface area contributed by atoms with Crippen LogP contribution in [0.3, 0.4) is 0 Å². The number of amides is 1. The quantitative estimate of drug-likeness (QED) is 0.858. The highest BCUT2D eigenvalue weighted by Gasteiger charge is 2.28. The van der Waals surface area contributed by atoms with Crippen LogP contribution in [0.1, 0.15) is 42.9 Å². The topological polar surface area (TPSA) is 54.5 Å². The second kappa shape index (κ2) is 6.60. The largest absolute Gasteiger partial charge is 0.336 e. The summed E-state index contributed by atoms with van der Waals surface area (Å²) in [6, 6.07) is 8.35. The van der Waals surface area contributed by atoms with E-state index in [0.29, 0.717) is 0 Å². The molecule has 5 heteroatoms. The van der Waals surface area contributed by atoms with E-state index < -0.39 is 9.84 Å². The molecule has 1 aromatic carbocycles. The predicted octanol–water partition coefficient (Wildman–Crippen LogP) is 2.48. The van der Waals surface area contributed by atoms with Gasteiger partial charge in [-0.15, -0.1) is 0 Å². The molecule has 0 saturated carbocycles. The average Bonchev–Trinajstić information content (AvgIpc) is 2.45. The fraction of sp³-hybridized carbons (Fsp3) is 0.562. The van der Waals surface area contributed by atoms with Gasteiger partial charge in [0, 0.05) is 19.2 Å². The highest BCUT2D eigenvalue weighted by molar-refractivity contribution is 7.90. The van der Waals surface area contributed by atoms with Gasteiger partial charge in [0.15, 0.2) is 0 Å². The van der Waals surface area contributed by atoms with E-state index in [2.05, 4.69) is 24.3 Å². The number of rotatable bonds is 4. The van der Waals surface area contributed by atoms with Gasteiger partial charge in [-0.1, -0.05) is 29.8 Å². The first kappa shape index (κ1) is 16.0. The van der Waals surface area contributed by atoms with Gasteiger partial charge in [0.1, 0.15) is 9.84 Å². The number of carbonyl (C=O) groups is 1. The van der Waals surface area contributed by atoms with Gasteiger partial charge in [0.2, 0.25) is 5.91 Å². The van der Waals surface area contributed by atoms with Crippen LogP contribution in [0.2, 0.25) is 0 Å². The van der Waals surface area contributed by atoms with E-state index in [0.717, 1.165) is 31.4 Å². The van der Waals surface area contributed by atoms with Crippen LogP contribution >= 0.6 is 0 Å². The van der Waals surface area contributed by atoms with Crippen molar-refractivity contribution in [3.63, 3.8) is 0 Å². The maximum atomic E-state index is 12.4. The van der Waals surface area contributed by atoms with Crippen LogP contribution in [0.4, 0.5) is 0 Å². The fourth-order valence-corrected chi connectivity index (χ4v) is 3.33. The summed E-state index contributed by atoms with van der Waals surface area (Å²) in [5.74, 6) is -0.117. The third-order valence-corrected chi connectivity index (χ3v) is 4.92. The van der Waals surface area contributed by atoms with E-state index in [1.165, 1.54) is 11.8 Å². The second-order valence-corrected chi connectivity index (χ2v) is 8.15. The van der Waals surface area contributed by atoms with Crippen molar-refractivity contribution in [1.82, 2.24) is 4.90 Å². The summed E-state index contributed by atoms with van der Waals surface area (Å²) in [5, 5.41) is 0. The molecule has 116 valence electrons. The zero-order valence-electron chi connectivity index (χ0n) is 12.7. The molecule has 0 aromatic heterocycles. The highest BCUT2D eigenvalue weighted by atomic mass is 32.2. The standard InChI is InChI=1S/C16H23NO3S/c1-13-6-8-14(9-7-13)15-5-3-4-11-17(15)16(18)10-12-21(2,19)20/h6-9,15H,3-5,10-12H2,1-2H3. The zero-order valence-corrected chi connectivity index (χ0v) is 13.5. The molecular formula is C16H23NO3S. The Bertz CT molecular complexity index is 592. The van der Waals surface area contributed by atoms with Crippen molar-refractivity contribution in [3.05, 3.63) is 35.4 Å². The lowest BCUT2D eigenvalue weighted by Gasteiger charge is -2.36. The van der Waals surface area contributed by atoms with Crippen LogP contribution in [0.25, 0.3) is 0 Å². The number of benzene rings is 1. The first-order chi connectivity index (χ1) is 9.87. The van der Waals surface area contributed by atoms with Crippen molar-refractivity contribution in [2.45, 2.75) is 38.6 Å². The monoisotopic (exact) mass is 309 g/mol. The first-order valence-corrected chi connectivity index (χ1v) is 9.46. The van der Waals surface area contributed by atoms with Gasteiger partial charge in [0.05, 0.1) is 11.8 Å². The number of aryl methyl sites for hydroxylation is 1. The molecule has 0 bridgehead atoms. The van der Waals surface area contributed by atoms with E-state index in [1.807, 2.05) is 11.8 Å². The van der Waals surface area contributed by atoms with Crippen LogP contribution in [0.15, 0.2) is 24.3 Å². The molecule has 1 aliphatic heterocycles. The molecule has 0 spiro atoms. The Labute approximate surface area is 127 Å². The Kier molecular flexibility index (Phi) is 5.04. The Morgan fingerprint density at radius 1 is 1.24 bits per heavy atom. The lowest BCUT2D eigenvalue weighted by atomic mass is 9.94. The molecule has 1 aliphatic rings. The first-order valence-electron chi connectivity index (χ1n) is 7.40. The molecule has 1 amide bonds.